The van der Waals surface area contributed by atoms with E-state index >= 15 is 0 Å². The van der Waals surface area contributed by atoms with Gasteiger partial charge in [-0.1, -0.05) is 60.7 Å². The highest BCUT2D eigenvalue weighted by atomic mass is 16.4. The second-order valence-electron chi connectivity index (χ2n) is 10.6. The Morgan fingerprint density at radius 3 is 2.55 bits per heavy atom. The SMILES string of the molecule is O=CCc1ccc2c(c1)oc(=O)n2CC=Cc1ccc(-c2ccccc2)c(N(C(=O)O)[C@H]2CN3CCC2CC3)c1. The molecule has 1 amide bonds. The number of carbonyl (C=O) groups excluding carboxylic acids is 1. The molecule has 1 atom stereocenters. The standard InChI is InChI=1S/C32H31N3O5/c36-18-14-23-9-11-27-30(20-23)40-32(39)34(27)15-4-5-22-8-10-26(24-6-2-1-3-7-24)28(19-22)35(31(37)38)29-21-33-16-12-25(29)13-17-33/h1-11,18-20,25,29H,12-17,21H2,(H,37,38)/t29-/m0/s1. The number of oxazole rings is 1. The lowest BCUT2D eigenvalue weighted by Crippen LogP contribution is -2.59. The van der Waals surface area contributed by atoms with Crippen LogP contribution in [0.1, 0.15) is 24.0 Å². The van der Waals surface area contributed by atoms with Crippen molar-refractivity contribution in [1.29, 1.82) is 0 Å². The number of fused-ring (bicyclic) bond motifs is 4. The smallest absolute Gasteiger partial charge is 0.420 e. The molecule has 7 rings (SSSR count). The lowest BCUT2D eigenvalue weighted by molar-refractivity contribution is -0.107. The van der Waals surface area contributed by atoms with Crippen molar-refractivity contribution < 1.29 is 19.1 Å². The lowest BCUT2D eigenvalue weighted by atomic mass is 9.82. The third-order valence-electron chi connectivity index (χ3n) is 8.18. The summed E-state index contributed by atoms with van der Waals surface area (Å²) in [7, 11) is 0. The molecule has 40 heavy (non-hydrogen) atoms. The second-order valence-corrected chi connectivity index (χ2v) is 10.6. The normalized spacial score (nSPS) is 20.2. The van der Waals surface area contributed by atoms with Gasteiger partial charge in [-0.3, -0.25) is 9.47 Å². The summed E-state index contributed by atoms with van der Waals surface area (Å²) in [5.41, 5.74) is 5.25. The van der Waals surface area contributed by atoms with Crippen LogP contribution in [0, 0.1) is 5.92 Å². The molecule has 4 aromatic rings. The Hall–Kier alpha value is -4.43. The van der Waals surface area contributed by atoms with Crippen LogP contribution in [-0.4, -0.2) is 52.6 Å². The van der Waals surface area contributed by atoms with Gasteiger partial charge in [-0.25, -0.2) is 9.59 Å². The number of anilines is 1. The molecule has 3 fully saturated rings. The fourth-order valence-corrected chi connectivity index (χ4v) is 6.16. The van der Waals surface area contributed by atoms with Crippen molar-refractivity contribution in [3.05, 3.63) is 94.5 Å². The van der Waals surface area contributed by atoms with Gasteiger partial charge in [-0.15, -0.1) is 0 Å². The maximum absolute atomic E-state index is 12.8. The molecule has 1 N–H and O–H groups in total. The zero-order valence-corrected chi connectivity index (χ0v) is 22.1. The quantitative estimate of drug-likeness (QED) is 0.307. The van der Waals surface area contributed by atoms with E-state index in [1.807, 2.05) is 66.7 Å². The Labute approximate surface area is 231 Å². The Morgan fingerprint density at radius 2 is 1.85 bits per heavy atom. The average Bonchev–Trinajstić information content (AvgIpc) is 3.28. The van der Waals surface area contributed by atoms with Crippen LogP contribution in [0.25, 0.3) is 28.3 Å². The molecule has 3 aromatic carbocycles. The molecule has 8 nitrogen and oxygen atoms in total. The number of rotatable bonds is 8. The van der Waals surface area contributed by atoms with Crippen molar-refractivity contribution in [3.63, 3.8) is 0 Å². The van der Waals surface area contributed by atoms with Crippen molar-refractivity contribution in [1.82, 2.24) is 9.47 Å². The number of hydrogen-bond acceptors (Lipinski definition) is 5. The van der Waals surface area contributed by atoms with Gasteiger partial charge in [0.15, 0.2) is 5.58 Å². The Morgan fingerprint density at radius 1 is 1.05 bits per heavy atom. The van der Waals surface area contributed by atoms with E-state index in [0.29, 0.717) is 22.7 Å². The van der Waals surface area contributed by atoms with Crippen LogP contribution in [0.2, 0.25) is 0 Å². The van der Waals surface area contributed by atoms with E-state index in [2.05, 4.69) is 4.90 Å². The second kappa shape index (κ2) is 11.0. The zero-order valence-electron chi connectivity index (χ0n) is 22.1. The van der Waals surface area contributed by atoms with Crippen LogP contribution in [0.3, 0.4) is 0 Å². The molecule has 8 heteroatoms. The molecule has 3 aliphatic heterocycles. The summed E-state index contributed by atoms with van der Waals surface area (Å²) in [4.78, 5) is 40.1. The van der Waals surface area contributed by atoms with Crippen molar-refractivity contribution in [2.75, 3.05) is 24.5 Å². The summed E-state index contributed by atoms with van der Waals surface area (Å²) in [6.07, 6.45) is 5.94. The summed E-state index contributed by atoms with van der Waals surface area (Å²) in [5.74, 6) is -0.125. The number of allylic oxidation sites excluding steroid dienone is 1. The summed E-state index contributed by atoms with van der Waals surface area (Å²) in [6.45, 7) is 3.10. The molecular formula is C32H31N3O5. The zero-order chi connectivity index (χ0) is 27.6. The molecule has 204 valence electrons. The first-order valence-corrected chi connectivity index (χ1v) is 13.7. The topological polar surface area (TPSA) is 96.0 Å². The van der Waals surface area contributed by atoms with Gasteiger partial charge in [0, 0.05) is 25.1 Å². The Kier molecular flexibility index (Phi) is 7.09. The first-order valence-electron chi connectivity index (χ1n) is 13.7. The monoisotopic (exact) mass is 537 g/mol. The largest absolute Gasteiger partial charge is 0.465 e. The fraction of sp³-hybridized carbons (Fsp3) is 0.281. The van der Waals surface area contributed by atoms with E-state index in [-0.39, 0.29) is 19.0 Å². The summed E-state index contributed by atoms with van der Waals surface area (Å²) in [5, 5.41) is 10.5. The molecule has 0 radical (unpaired) electrons. The minimum absolute atomic E-state index is 0.0957. The van der Waals surface area contributed by atoms with E-state index in [1.54, 1.807) is 17.0 Å². The van der Waals surface area contributed by atoms with Gasteiger partial charge in [0.1, 0.15) is 6.29 Å². The van der Waals surface area contributed by atoms with Crippen molar-refractivity contribution >= 4 is 35.2 Å². The van der Waals surface area contributed by atoms with Crippen LogP contribution in [0.5, 0.6) is 0 Å². The van der Waals surface area contributed by atoms with E-state index in [1.165, 1.54) is 4.57 Å². The average molecular weight is 538 g/mol. The van der Waals surface area contributed by atoms with Crippen molar-refractivity contribution in [3.8, 4) is 11.1 Å². The Bertz CT molecular complexity index is 1630. The summed E-state index contributed by atoms with van der Waals surface area (Å²) in [6, 6.07) is 21.0. The molecule has 0 aliphatic carbocycles. The van der Waals surface area contributed by atoms with Crippen LogP contribution >= 0.6 is 0 Å². The van der Waals surface area contributed by atoms with Gasteiger partial charge in [0.05, 0.1) is 17.2 Å². The van der Waals surface area contributed by atoms with E-state index in [4.69, 9.17) is 4.42 Å². The highest BCUT2D eigenvalue weighted by Crippen LogP contribution is 2.39. The number of amides is 1. The molecular weight excluding hydrogens is 506 g/mol. The third kappa shape index (κ3) is 4.98. The van der Waals surface area contributed by atoms with E-state index in [9.17, 15) is 19.5 Å². The minimum Gasteiger partial charge on any atom is -0.465 e. The molecule has 0 spiro atoms. The number of carboxylic acid groups (broad SMARTS) is 1. The third-order valence-corrected chi connectivity index (χ3v) is 8.18. The van der Waals surface area contributed by atoms with E-state index in [0.717, 1.165) is 61.0 Å². The van der Waals surface area contributed by atoms with Crippen LogP contribution in [-0.2, 0) is 17.8 Å². The number of piperidine rings is 3. The van der Waals surface area contributed by atoms with Crippen molar-refractivity contribution in [2.24, 2.45) is 5.92 Å². The lowest BCUT2D eigenvalue weighted by Gasteiger charge is -2.48. The number of aromatic nitrogens is 1. The van der Waals surface area contributed by atoms with Crippen LogP contribution in [0.4, 0.5) is 10.5 Å². The van der Waals surface area contributed by atoms with Crippen LogP contribution in [0.15, 0.2) is 82.0 Å². The molecule has 4 heterocycles. The highest BCUT2D eigenvalue weighted by molar-refractivity contribution is 5.94. The minimum atomic E-state index is -0.942. The maximum atomic E-state index is 12.8. The van der Waals surface area contributed by atoms with Gasteiger partial charge in [0.25, 0.3) is 0 Å². The van der Waals surface area contributed by atoms with Gasteiger partial charge < -0.3 is 19.2 Å². The summed E-state index contributed by atoms with van der Waals surface area (Å²) < 4.78 is 6.94. The molecule has 1 aromatic heterocycles. The number of nitrogens with zero attached hydrogens (tertiary/aromatic N) is 3. The number of aldehydes is 1. The van der Waals surface area contributed by atoms with Gasteiger partial charge >= 0.3 is 11.8 Å². The fourth-order valence-electron chi connectivity index (χ4n) is 6.16. The van der Waals surface area contributed by atoms with Crippen LogP contribution < -0.4 is 10.7 Å². The van der Waals surface area contributed by atoms with Gasteiger partial charge in [0.2, 0.25) is 0 Å². The summed E-state index contributed by atoms with van der Waals surface area (Å²) >= 11 is 0. The highest BCUT2D eigenvalue weighted by Gasteiger charge is 2.40. The number of hydrogen-bond donors (Lipinski definition) is 1. The van der Waals surface area contributed by atoms with Crippen molar-refractivity contribution in [2.45, 2.75) is 31.8 Å². The maximum Gasteiger partial charge on any atom is 0.420 e. The predicted octanol–water partition coefficient (Wildman–Crippen LogP) is 5.29. The van der Waals surface area contributed by atoms with Gasteiger partial charge in [-0.05, 0) is 66.7 Å². The molecule has 3 aliphatic rings. The molecule has 2 bridgehead atoms. The first kappa shape index (κ1) is 25.8. The first-order chi connectivity index (χ1) is 19.5. The Balaban J connectivity index is 1.34. The molecule has 0 saturated carbocycles. The number of carbonyl (C=O) groups is 2. The molecule has 0 unspecified atom stereocenters. The van der Waals surface area contributed by atoms with Gasteiger partial charge in [-0.2, -0.15) is 0 Å². The van der Waals surface area contributed by atoms with E-state index < -0.39 is 11.8 Å². The predicted molar refractivity (Wildman–Crippen MR) is 155 cm³/mol. The molecule has 3 saturated heterocycles. The number of benzene rings is 3.